The Kier molecular flexibility index (Phi) is 4.67. The van der Waals surface area contributed by atoms with Crippen LogP contribution in [0.2, 0.25) is 0 Å². The van der Waals surface area contributed by atoms with E-state index in [2.05, 4.69) is 10.3 Å². The molecule has 2 rings (SSSR count). The number of nitrogens with zero attached hydrogens (tertiary/aromatic N) is 2. The number of sulfonamides is 1. The van der Waals surface area contributed by atoms with E-state index in [1.54, 1.807) is 6.92 Å². The second-order valence-electron chi connectivity index (χ2n) is 5.49. The fourth-order valence-corrected chi connectivity index (χ4v) is 3.52. The van der Waals surface area contributed by atoms with Crippen LogP contribution in [0.1, 0.15) is 26.2 Å². The van der Waals surface area contributed by atoms with Crippen molar-refractivity contribution in [3.05, 3.63) is 0 Å². The van der Waals surface area contributed by atoms with Crippen molar-refractivity contribution in [1.29, 1.82) is 0 Å². The summed E-state index contributed by atoms with van der Waals surface area (Å²) < 4.78 is 24.6. The van der Waals surface area contributed by atoms with E-state index in [-0.39, 0.29) is 5.75 Å². The SMILES string of the molecule is CCS(=O)(=O)N1CC(CN=C(N)NCC2CCC2)C1. The number of guanidine groups is 1. The molecule has 2 aliphatic rings. The summed E-state index contributed by atoms with van der Waals surface area (Å²) in [6.07, 6.45) is 3.90. The van der Waals surface area contributed by atoms with Crippen LogP contribution in [0, 0.1) is 11.8 Å². The van der Waals surface area contributed by atoms with Crippen molar-refractivity contribution in [3.63, 3.8) is 0 Å². The molecule has 0 amide bonds. The average molecular weight is 288 g/mol. The lowest BCUT2D eigenvalue weighted by atomic mass is 9.85. The topological polar surface area (TPSA) is 87.8 Å². The summed E-state index contributed by atoms with van der Waals surface area (Å²) in [5.41, 5.74) is 5.78. The third-order valence-electron chi connectivity index (χ3n) is 4.00. The zero-order chi connectivity index (χ0) is 13.9. The lowest BCUT2D eigenvalue weighted by Crippen LogP contribution is -2.51. The molecule has 0 aromatic rings. The molecule has 0 atom stereocenters. The first-order valence-corrected chi connectivity index (χ1v) is 8.63. The zero-order valence-electron chi connectivity index (χ0n) is 11.5. The fourth-order valence-electron chi connectivity index (χ4n) is 2.28. The lowest BCUT2D eigenvalue weighted by molar-refractivity contribution is 0.208. The number of hydrogen-bond acceptors (Lipinski definition) is 3. The first-order valence-electron chi connectivity index (χ1n) is 7.03. The first-order chi connectivity index (χ1) is 9.01. The molecule has 0 aromatic carbocycles. The Morgan fingerprint density at radius 2 is 2.05 bits per heavy atom. The standard InChI is InChI=1S/C12H24N4O2S/c1-2-19(17,18)16-8-11(9-16)7-15-12(13)14-6-10-4-3-5-10/h10-11H,2-9H2,1H3,(H3,13,14,15). The highest BCUT2D eigenvalue weighted by Gasteiger charge is 2.34. The molecule has 1 aliphatic heterocycles. The second kappa shape index (κ2) is 6.09. The quantitative estimate of drug-likeness (QED) is 0.531. The second-order valence-corrected chi connectivity index (χ2v) is 7.74. The third-order valence-corrected chi connectivity index (χ3v) is 5.81. The Bertz CT molecular complexity index is 425. The molecule has 0 unspecified atom stereocenters. The fraction of sp³-hybridized carbons (Fsp3) is 0.917. The summed E-state index contributed by atoms with van der Waals surface area (Å²) in [7, 11) is -3.01. The van der Waals surface area contributed by atoms with Crippen LogP contribution >= 0.6 is 0 Å². The molecule has 0 bridgehead atoms. The number of nitrogens with two attached hydrogens (primary N) is 1. The molecule has 1 aliphatic carbocycles. The van der Waals surface area contributed by atoms with Gasteiger partial charge in [-0.1, -0.05) is 6.42 Å². The van der Waals surface area contributed by atoms with Gasteiger partial charge in [0.2, 0.25) is 10.0 Å². The molecule has 1 heterocycles. The first kappa shape index (κ1) is 14.6. The minimum absolute atomic E-state index is 0.175. The average Bonchev–Trinajstić information content (AvgIpc) is 2.24. The molecule has 0 radical (unpaired) electrons. The van der Waals surface area contributed by atoms with Gasteiger partial charge in [0.25, 0.3) is 0 Å². The van der Waals surface area contributed by atoms with Gasteiger partial charge in [-0.3, -0.25) is 4.99 Å². The summed E-state index contributed by atoms with van der Waals surface area (Å²) in [5, 5.41) is 3.14. The van der Waals surface area contributed by atoms with Crippen LogP contribution in [-0.4, -0.2) is 50.6 Å². The summed E-state index contributed by atoms with van der Waals surface area (Å²) in [6.45, 7) is 4.35. The van der Waals surface area contributed by atoms with Gasteiger partial charge in [0.15, 0.2) is 5.96 Å². The molecule has 19 heavy (non-hydrogen) atoms. The lowest BCUT2D eigenvalue weighted by Gasteiger charge is -2.37. The van der Waals surface area contributed by atoms with Crippen molar-refractivity contribution in [3.8, 4) is 0 Å². The molecule has 0 aromatic heterocycles. The van der Waals surface area contributed by atoms with E-state index in [1.165, 1.54) is 23.6 Å². The maximum Gasteiger partial charge on any atom is 0.213 e. The molecule has 1 saturated carbocycles. The smallest absolute Gasteiger partial charge is 0.213 e. The number of rotatable bonds is 6. The van der Waals surface area contributed by atoms with Crippen LogP contribution < -0.4 is 11.1 Å². The van der Waals surface area contributed by atoms with Crippen LogP contribution in [0.5, 0.6) is 0 Å². The van der Waals surface area contributed by atoms with Gasteiger partial charge in [0.1, 0.15) is 0 Å². The number of aliphatic imine (C=N–C) groups is 1. The Hall–Kier alpha value is -0.820. The van der Waals surface area contributed by atoms with E-state index < -0.39 is 10.0 Å². The normalized spacial score (nSPS) is 22.9. The van der Waals surface area contributed by atoms with Gasteiger partial charge >= 0.3 is 0 Å². The van der Waals surface area contributed by atoms with Crippen LogP contribution in [0.3, 0.4) is 0 Å². The van der Waals surface area contributed by atoms with Gasteiger partial charge in [-0.2, -0.15) is 0 Å². The van der Waals surface area contributed by atoms with E-state index >= 15 is 0 Å². The van der Waals surface area contributed by atoms with Gasteiger partial charge in [-0.05, 0) is 25.7 Å². The monoisotopic (exact) mass is 288 g/mol. The van der Waals surface area contributed by atoms with Crippen LogP contribution in [0.15, 0.2) is 4.99 Å². The van der Waals surface area contributed by atoms with E-state index in [0.717, 1.165) is 12.5 Å². The molecule has 6 nitrogen and oxygen atoms in total. The van der Waals surface area contributed by atoms with Crippen LogP contribution in [0.4, 0.5) is 0 Å². The van der Waals surface area contributed by atoms with Crippen molar-refractivity contribution in [2.45, 2.75) is 26.2 Å². The molecule has 2 fully saturated rings. The molecule has 7 heteroatoms. The zero-order valence-corrected chi connectivity index (χ0v) is 12.3. The largest absolute Gasteiger partial charge is 0.370 e. The number of nitrogens with one attached hydrogen (secondary N) is 1. The molecule has 1 saturated heterocycles. The van der Waals surface area contributed by atoms with E-state index in [1.807, 2.05) is 0 Å². The highest BCUT2D eigenvalue weighted by atomic mass is 32.2. The third kappa shape index (κ3) is 3.82. The Balaban J connectivity index is 1.63. The Morgan fingerprint density at radius 3 is 2.58 bits per heavy atom. The molecule has 3 N–H and O–H groups in total. The van der Waals surface area contributed by atoms with Crippen molar-refractivity contribution in [2.24, 2.45) is 22.6 Å². The Labute approximate surface area is 115 Å². The van der Waals surface area contributed by atoms with E-state index in [9.17, 15) is 8.42 Å². The van der Waals surface area contributed by atoms with Gasteiger partial charge in [0.05, 0.1) is 5.75 Å². The maximum absolute atomic E-state index is 11.5. The molecule has 0 spiro atoms. The van der Waals surface area contributed by atoms with Crippen LogP contribution in [0.25, 0.3) is 0 Å². The minimum atomic E-state index is -3.01. The van der Waals surface area contributed by atoms with Crippen molar-refractivity contribution in [2.75, 3.05) is 31.9 Å². The minimum Gasteiger partial charge on any atom is -0.370 e. The maximum atomic E-state index is 11.5. The molecular formula is C12H24N4O2S. The van der Waals surface area contributed by atoms with Gasteiger partial charge < -0.3 is 11.1 Å². The highest BCUT2D eigenvalue weighted by molar-refractivity contribution is 7.89. The van der Waals surface area contributed by atoms with Gasteiger partial charge in [-0.25, -0.2) is 12.7 Å². The van der Waals surface area contributed by atoms with Crippen molar-refractivity contribution in [1.82, 2.24) is 9.62 Å². The van der Waals surface area contributed by atoms with Crippen molar-refractivity contribution < 1.29 is 8.42 Å². The summed E-state index contributed by atoms with van der Waals surface area (Å²) in [4.78, 5) is 4.28. The number of hydrogen-bond donors (Lipinski definition) is 2. The predicted molar refractivity (Wildman–Crippen MR) is 76.4 cm³/mol. The van der Waals surface area contributed by atoms with Gasteiger partial charge in [-0.15, -0.1) is 0 Å². The van der Waals surface area contributed by atoms with Gasteiger partial charge in [0, 0.05) is 32.1 Å². The molecule has 110 valence electrons. The summed E-state index contributed by atoms with van der Waals surface area (Å²) in [5.74, 6) is 1.73. The van der Waals surface area contributed by atoms with Crippen LogP contribution in [-0.2, 0) is 10.0 Å². The summed E-state index contributed by atoms with van der Waals surface area (Å²) >= 11 is 0. The van der Waals surface area contributed by atoms with Crippen molar-refractivity contribution >= 4 is 16.0 Å². The van der Waals surface area contributed by atoms with E-state index in [4.69, 9.17) is 5.73 Å². The van der Waals surface area contributed by atoms with E-state index in [0.29, 0.717) is 31.5 Å². The Morgan fingerprint density at radius 1 is 1.37 bits per heavy atom. The molecular weight excluding hydrogens is 264 g/mol. The summed E-state index contributed by atoms with van der Waals surface area (Å²) in [6, 6.07) is 0. The predicted octanol–water partition coefficient (Wildman–Crippen LogP) is -0.0277. The highest BCUT2D eigenvalue weighted by Crippen LogP contribution is 2.25.